The van der Waals surface area contributed by atoms with Gasteiger partial charge in [-0.2, -0.15) is 0 Å². The molecule has 1 aromatic heterocycles. The van der Waals surface area contributed by atoms with Crippen molar-refractivity contribution in [1.82, 2.24) is 30.3 Å². The number of amides is 6. The van der Waals surface area contributed by atoms with Crippen LogP contribution < -0.4 is 32.0 Å². The van der Waals surface area contributed by atoms with Crippen LogP contribution in [0.4, 0.5) is 21.0 Å². The number of para-hydroxylation sites is 1. The van der Waals surface area contributed by atoms with Crippen LogP contribution in [0.3, 0.4) is 0 Å². The molecule has 14 nitrogen and oxygen atoms in total. The molecule has 4 heterocycles. The molecule has 0 aliphatic carbocycles. The number of halogens is 1. The average molecular weight is 803 g/mol. The summed E-state index contributed by atoms with van der Waals surface area (Å²) in [5.74, 6) is -0.521. The Morgan fingerprint density at radius 2 is 1.69 bits per heavy atom. The first-order chi connectivity index (χ1) is 26.1. The van der Waals surface area contributed by atoms with Crippen LogP contribution in [-0.2, 0) is 22.6 Å². The van der Waals surface area contributed by atoms with Crippen LogP contribution in [0.25, 0.3) is 0 Å². The van der Waals surface area contributed by atoms with Gasteiger partial charge in [0.25, 0.3) is 0 Å². The van der Waals surface area contributed by atoms with E-state index in [9.17, 15) is 24.3 Å². The van der Waals surface area contributed by atoms with Crippen molar-refractivity contribution in [3.05, 3.63) is 76.5 Å². The molecule has 3 aliphatic rings. The van der Waals surface area contributed by atoms with Crippen molar-refractivity contribution >= 4 is 64.5 Å². The van der Waals surface area contributed by atoms with Gasteiger partial charge in [0.05, 0.1) is 4.47 Å². The highest BCUT2D eigenvalue weighted by molar-refractivity contribution is 9.10. The summed E-state index contributed by atoms with van der Waals surface area (Å²) < 4.78 is 0.482. The zero-order valence-corrected chi connectivity index (χ0v) is 32.3. The van der Waals surface area contributed by atoms with Crippen LogP contribution in [0, 0.1) is 0 Å². The number of fused-ring (bicyclic) bond motifs is 1. The van der Waals surface area contributed by atoms with Gasteiger partial charge in [0.2, 0.25) is 11.8 Å². The number of hydrogen-bond acceptors (Lipinski definition) is 8. The number of anilines is 2. The molecule has 0 bridgehead atoms. The molecule has 286 valence electrons. The minimum atomic E-state index is -1.01. The number of unbranched alkanes of at least 4 members (excludes halogenated alkanes) is 1. The number of nitrogens with one attached hydrogen (secondary N) is 3. The smallest absolute Gasteiger partial charge is 0.322 e. The van der Waals surface area contributed by atoms with Crippen LogP contribution in [-0.4, -0.2) is 120 Å². The van der Waals surface area contributed by atoms with Gasteiger partial charge in [-0.25, -0.2) is 9.59 Å². The van der Waals surface area contributed by atoms with Crippen LogP contribution in [0.15, 0.2) is 65.4 Å². The lowest BCUT2D eigenvalue weighted by molar-refractivity contribution is -0.137. The molecular formula is C38H49BBrN9O5. The summed E-state index contributed by atoms with van der Waals surface area (Å²) in [6.45, 7) is 4.12. The fourth-order valence-corrected chi connectivity index (χ4v) is 8.10. The second kappa shape index (κ2) is 18.0. The molecular weight excluding hydrogens is 753 g/mol. The molecule has 6 rings (SSSR count). The Morgan fingerprint density at radius 1 is 0.963 bits per heavy atom. The normalized spacial score (nSPS) is 17.3. The number of phenolic OH excluding ortho intramolecular Hbond substituents is 1. The van der Waals surface area contributed by atoms with E-state index in [-0.39, 0.29) is 30.2 Å². The Bertz CT molecular complexity index is 1780. The first-order valence-electron chi connectivity index (χ1n) is 18.7. The third-order valence-corrected chi connectivity index (χ3v) is 11.2. The predicted octanol–water partition coefficient (Wildman–Crippen LogP) is 1.90. The van der Waals surface area contributed by atoms with E-state index >= 15 is 0 Å². The molecule has 3 aliphatic heterocycles. The number of nitrogens with zero attached hydrogens (tertiary/aromatic N) is 5. The number of aromatic hydroxyl groups is 1. The lowest BCUT2D eigenvalue weighted by Crippen LogP contribution is -2.59. The highest BCUT2D eigenvalue weighted by Gasteiger charge is 2.35. The second-order valence-corrected chi connectivity index (χ2v) is 15.1. The highest BCUT2D eigenvalue weighted by atomic mass is 79.9. The summed E-state index contributed by atoms with van der Waals surface area (Å²) in [6, 6.07) is 12.8. The first kappa shape index (κ1) is 38.9. The van der Waals surface area contributed by atoms with E-state index in [4.69, 9.17) is 5.73 Å². The molecule has 2 fully saturated rings. The lowest BCUT2D eigenvalue weighted by Gasteiger charge is -2.40. The Kier molecular flexibility index (Phi) is 13.0. The van der Waals surface area contributed by atoms with Crippen LogP contribution in [0.5, 0.6) is 5.75 Å². The van der Waals surface area contributed by atoms with Gasteiger partial charge in [0.1, 0.15) is 25.7 Å². The van der Waals surface area contributed by atoms with Gasteiger partial charge in [-0.3, -0.25) is 14.6 Å². The van der Waals surface area contributed by atoms with Crippen LogP contribution >= 0.6 is 15.9 Å². The topological polar surface area (TPSA) is 176 Å². The van der Waals surface area contributed by atoms with Crippen molar-refractivity contribution in [2.24, 2.45) is 5.73 Å². The van der Waals surface area contributed by atoms with Gasteiger partial charge in [0, 0.05) is 82.0 Å². The number of nitrogens with two attached hydrogens (primary N) is 1. The number of phenols is 1. The number of aromatic nitrogens is 1. The quantitative estimate of drug-likeness (QED) is 0.136. The summed E-state index contributed by atoms with van der Waals surface area (Å²) in [7, 11) is 1.77. The van der Waals surface area contributed by atoms with E-state index in [0.717, 1.165) is 22.5 Å². The molecule has 54 heavy (non-hydrogen) atoms. The van der Waals surface area contributed by atoms with Gasteiger partial charge in [-0.1, -0.05) is 24.3 Å². The Labute approximate surface area is 325 Å². The van der Waals surface area contributed by atoms with Crippen molar-refractivity contribution in [1.29, 1.82) is 0 Å². The molecule has 2 unspecified atom stereocenters. The standard InChI is InChI=1S/C38H49BBrN9O5/c39-29-21-25(22-30(40)34(29)50)23-33(45-37(53)48-15-10-28(11-16-48)49-24-26-5-1-2-6-31(26)44-38(49)54)35(51)43-32(7-3-4-12-41)36(52)47-19-17-46(18-20-47)27-8-13-42-14-9-27/h1-2,5-6,8-9,13-14,21-22,28,32-33,50H,3-4,7,10-12,15-20,23-24,39,41H2,(H,43,51)(H,44,54)(H,45,53). The Balaban J connectivity index is 1.13. The van der Waals surface area contributed by atoms with E-state index in [0.29, 0.717) is 94.4 Å². The number of likely N-dealkylation sites (tertiary alicyclic amines) is 1. The number of urea groups is 2. The molecule has 6 N–H and O–H groups in total. The number of carbonyl (C=O) groups excluding carboxylic acids is 4. The number of benzene rings is 2. The Morgan fingerprint density at radius 3 is 2.39 bits per heavy atom. The number of carbonyl (C=O) groups is 4. The highest BCUT2D eigenvalue weighted by Crippen LogP contribution is 2.28. The molecule has 0 spiro atoms. The van der Waals surface area contributed by atoms with Gasteiger partial charge in [0.15, 0.2) is 0 Å². The maximum atomic E-state index is 14.2. The zero-order valence-electron chi connectivity index (χ0n) is 30.7. The largest absolute Gasteiger partial charge is 0.507 e. The molecule has 6 amide bonds. The number of hydrogen-bond donors (Lipinski definition) is 5. The summed E-state index contributed by atoms with van der Waals surface area (Å²) >= 11 is 3.40. The zero-order chi connectivity index (χ0) is 38.2. The van der Waals surface area contributed by atoms with E-state index in [1.807, 2.05) is 41.3 Å². The number of pyridine rings is 1. The molecule has 16 heteroatoms. The van der Waals surface area contributed by atoms with Crippen molar-refractivity contribution in [3.63, 3.8) is 0 Å². The number of piperidine rings is 1. The summed E-state index contributed by atoms with van der Waals surface area (Å²) in [6.07, 6.45) is 6.60. The molecule has 0 saturated carbocycles. The third kappa shape index (κ3) is 9.45. The van der Waals surface area contributed by atoms with Gasteiger partial charge < -0.3 is 46.4 Å². The maximum absolute atomic E-state index is 14.2. The molecule has 2 atom stereocenters. The summed E-state index contributed by atoms with van der Waals surface area (Å²) in [5.41, 5.74) is 10.1. The van der Waals surface area contributed by atoms with Gasteiger partial charge in [-0.15, -0.1) is 0 Å². The van der Waals surface area contributed by atoms with Gasteiger partial charge >= 0.3 is 12.1 Å². The van der Waals surface area contributed by atoms with E-state index in [1.165, 1.54) is 0 Å². The molecule has 0 radical (unpaired) electrons. The van der Waals surface area contributed by atoms with E-state index in [1.54, 1.807) is 42.2 Å². The average Bonchev–Trinajstić information content (AvgIpc) is 3.19. The van der Waals surface area contributed by atoms with Crippen molar-refractivity contribution < 1.29 is 24.3 Å². The summed E-state index contributed by atoms with van der Waals surface area (Å²) in [4.78, 5) is 66.6. The molecule has 2 saturated heterocycles. The number of rotatable bonds is 12. The molecule has 2 aromatic carbocycles. The van der Waals surface area contributed by atoms with Crippen molar-refractivity contribution in [2.75, 3.05) is 56.0 Å². The summed E-state index contributed by atoms with van der Waals surface area (Å²) in [5, 5.41) is 19.3. The van der Waals surface area contributed by atoms with Crippen LogP contribution in [0.2, 0.25) is 0 Å². The van der Waals surface area contributed by atoms with Crippen molar-refractivity contribution in [3.8, 4) is 5.75 Å². The predicted molar refractivity (Wildman–Crippen MR) is 213 cm³/mol. The third-order valence-electron chi connectivity index (χ3n) is 10.6. The maximum Gasteiger partial charge on any atom is 0.322 e. The minimum absolute atomic E-state index is 0.0364. The fraction of sp³-hybridized carbons (Fsp3) is 0.447. The Hall–Kier alpha value is -4.83. The van der Waals surface area contributed by atoms with E-state index < -0.39 is 24.0 Å². The monoisotopic (exact) mass is 801 g/mol. The first-order valence-corrected chi connectivity index (χ1v) is 19.5. The van der Waals surface area contributed by atoms with Gasteiger partial charge in [-0.05, 0) is 95.4 Å². The van der Waals surface area contributed by atoms with E-state index in [2.05, 4.69) is 41.8 Å². The SMILES string of the molecule is Bc1cc(CC(NC(=O)N2CCC(N3Cc4ccccc4NC3=O)CC2)C(=O)NC(CCCCN)C(=O)N2CCN(c3ccncc3)CC2)cc(Br)c1O. The molecule has 3 aromatic rings. The second-order valence-electron chi connectivity index (χ2n) is 14.2. The number of piperazine rings is 1. The lowest BCUT2D eigenvalue weighted by atomic mass is 9.91. The minimum Gasteiger partial charge on any atom is -0.507 e. The van der Waals surface area contributed by atoms with Crippen LogP contribution in [0.1, 0.15) is 43.2 Å². The fourth-order valence-electron chi connectivity index (χ4n) is 7.49. The van der Waals surface area contributed by atoms with Crippen molar-refractivity contribution in [2.45, 2.75) is 63.2 Å².